The van der Waals surface area contributed by atoms with Crippen LogP contribution < -0.4 is 29.1 Å². The second-order valence-electron chi connectivity index (χ2n) is 9.95. The molecule has 13 heteroatoms. The van der Waals surface area contributed by atoms with Gasteiger partial charge in [-0.05, 0) is 100 Å². The van der Waals surface area contributed by atoms with Crippen molar-refractivity contribution in [2.75, 3.05) is 34.0 Å². The van der Waals surface area contributed by atoms with Crippen LogP contribution in [-0.4, -0.2) is 50.5 Å². The molecule has 0 aliphatic carbocycles. The fourth-order valence-electron chi connectivity index (χ4n) is 5.06. The molecule has 0 radical (unpaired) electrons. The van der Waals surface area contributed by atoms with E-state index in [1.807, 2.05) is 42.5 Å². The third kappa shape index (κ3) is 7.41. The predicted molar refractivity (Wildman–Crippen MR) is 195 cm³/mol. The Hall–Kier alpha value is -3.70. The Morgan fingerprint density at radius 1 is 0.936 bits per heavy atom. The number of benzene rings is 3. The van der Waals surface area contributed by atoms with E-state index in [0.29, 0.717) is 43.4 Å². The van der Waals surface area contributed by atoms with Gasteiger partial charge in [-0.3, -0.25) is 9.36 Å². The van der Waals surface area contributed by atoms with Crippen molar-refractivity contribution >= 4 is 80.2 Å². The van der Waals surface area contributed by atoms with Gasteiger partial charge in [-0.15, -0.1) is 0 Å². The molecule has 0 saturated carbocycles. The van der Waals surface area contributed by atoms with Gasteiger partial charge in [-0.25, -0.2) is 14.6 Å². The number of fused-ring (bicyclic) bond motifs is 1. The monoisotopic (exact) mass is 880 g/mol. The van der Waals surface area contributed by atoms with E-state index in [9.17, 15) is 14.4 Å². The van der Waals surface area contributed by atoms with Crippen molar-refractivity contribution in [2.24, 2.45) is 4.99 Å². The van der Waals surface area contributed by atoms with Crippen molar-refractivity contribution in [3.05, 3.63) is 110 Å². The lowest BCUT2D eigenvalue weighted by Crippen LogP contribution is -2.40. The summed E-state index contributed by atoms with van der Waals surface area (Å²) in [6.45, 7) is 3.68. The van der Waals surface area contributed by atoms with E-state index >= 15 is 0 Å². The molecule has 0 unspecified atom stereocenters. The number of thiazole rings is 1. The molecular formula is C34H30I2N2O8S. The topological polar surface area (TPSA) is 115 Å². The molecule has 3 aromatic carbocycles. The molecule has 1 atom stereocenters. The van der Waals surface area contributed by atoms with Crippen LogP contribution >= 0.6 is 56.5 Å². The number of hydrogen-bond acceptors (Lipinski definition) is 10. The van der Waals surface area contributed by atoms with E-state index in [0.717, 1.165) is 12.7 Å². The van der Waals surface area contributed by atoms with Crippen LogP contribution in [0.4, 0.5) is 0 Å². The van der Waals surface area contributed by atoms with Gasteiger partial charge in [0.05, 0.1) is 56.4 Å². The Bertz CT molecular complexity index is 2020. The van der Waals surface area contributed by atoms with Crippen LogP contribution in [-0.2, 0) is 19.1 Å². The van der Waals surface area contributed by atoms with Crippen LogP contribution in [0.5, 0.6) is 17.2 Å². The summed E-state index contributed by atoms with van der Waals surface area (Å²) in [5.74, 6) is 0.477. The minimum absolute atomic E-state index is 0.143. The molecule has 0 saturated heterocycles. The Balaban J connectivity index is 1.71. The number of carbonyl (C=O) groups is 2. The van der Waals surface area contributed by atoms with E-state index in [1.54, 1.807) is 45.2 Å². The second-order valence-corrected chi connectivity index (χ2v) is 13.3. The van der Waals surface area contributed by atoms with Crippen LogP contribution in [0.2, 0.25) is 0 Å². The molecule has 0 amide bonds. The van der Waals surface area contributed by atoms with Crippen LogP contribution in [0.1, 0.15) is 36.6 Å². The minimum atomic E-state index is -0.874. The van der Waals surface area contributed by atoms with Crippen molar-refractivity contribution in [1.29, 1.82) is 0 Å². The number of rotatable bonds is 11. The van der Waals surface area contributed by atoms with Crippen LogP contribution in [0.3, 0.4) is 0 Å². The summed E-state index contributed by atoms with van der Waals surface area (Å²) in [7, 11) is 3.07. The molecule has 1 aromatic heterocycles. The first kappa shape index (κ1) is 34.6. The van der Waals surface area contributed by atoms with Gasteiger partial charge in [0.2, 0.25) is 0 Å². The third-order valence-corrected chi connectivity index (χ3v) is 9.64. The molecule has 47 heavy (non-hydrogen) atoms. The summed E-state index contributed by atoms with van der Waals surface area (Å²) < 4.78 is 30.8. The standard InChI is InChI=1S/C34H30I2N2O8S/c1-5-44-27(39)18-46-31-22(35)14-19(15-23(31)36)16-26-32(40)38-30(21-12-13-24(42-3)25(17-21)43-4)28(33(41)45-6-2)29(37-34(38)47-26)20-10-8-7-9-11-20/h7-17,30H,5-6,18H2,1-4H3/b26-16-/t30-/m0/s1. The van der Waals surface area contributed by atoms with Crippen molar-refractivity contribution in [1.82, 2.24) is 4.57 Å². The SMILES string of the molecule is CCOC(=O)COc1c(I)cc(/C=c2\sc3n(c2=O)[C@@H](c2ccc(OC)c(OC)c2)C(C(=O)OCC)=C(c2ccccc2)N=3)cc1I. The van der Waals surface area contributed by atoms with E-state index < -0.39 is 18.0 Å². The molecule has 0 fully saturated rings. The summed E-state index contributed by atoms with van der Waals surface area (Å²) >= 11 is 5.50. The molecule has 4 aromatic rings. The maximum Gasteiger partial charge on any atom is 0.344 e. The molecule has 0 N–H and O–H groups in total. The number of ether oxygens (including phenoxy) is 5. The first-order valence-corrected chi connectivity index (χ1v) is 17.5. The molecule has 2 heterocycles. The fraction of sp³-hybridized carbons (Fsp3) is 0.235. The lowest BCUT2D eigenvalue weighted by atomic mass is 9.93. The number of carbonyl (C=O) groups excluding carboxylic acids is 2. The highest BCUT2D eigenvalue weighted by atomic mass is 127. The zero-order valence-corrected chi connectivity index (χ0v) is 31.0. The van der Waals surface area contributed by atoms with Gasteiger partial charge in [0.15, 0.2) is 22.9 Å². The van der Waals surface area contributed by atoms with Crippen molar-refractivity contribution < 1.29 is 33.3 Å². The number of nitrogens with zero attached hydrogens (tertiary/aromatic N) is 2. The predicted octanol–water partition coefficient (Wildman–Crippen LogP) is 5.10. The largest absolute Gasteiger partial charge is 0.493 e. The number of esters is 2. The van der Waals surface area contributed by atoms with Gasteiger partial charge in [0, 0.05) is 5.56 Å². The molecule has 10 nitrogen and oxygen atoms in total. The fourth-order valence-corrected chi connectivity index (χ4v) is 8.19. The zero-order valence-electron chi connectivity index (χ0n) is 25.9. The lowest BCUT2D eigenvalue weighted by Gasteiger charge is -2.26. The molecule has 5 rings (SSSR count). The first-order chi connectivity index (χ1) is 22.7. The van der Waals surface area contributed by atoms with Crippen LogP contribution in [0, 0.1) is 7.14 Å². The van der Waals surface area contributed by atoms with Gasteiger partial charge in [-0.2, -0.15) is 0 Å². The average Bonchev–Trinajstić information content (AvgIpc) is 3.37. The minimum Gasteiger partial charge on any atom is -0.493 e. The average molecular weight is 880 g/mol. The summed E-state index contributed by atoms with van der Waals surface area (Å²) in [5, 5.41) is 0. The molecule has 1 aliphatic rings. The second kappa shape index (κ2) is 15.5. The van der Waals surface area contributed by atoms with E-state index in [-0.39, 0.29) is 31.0 Å². The number of hydrogen-bond donors (Lipinski definition) is 0. The molecule has 1 aliphatic heterocycles. The maximum absolute atomic E-state index is 14.3. The third-order valence-electron chi connectivity index (χ3n) is 7.06. The number of aromatic nitrogens is 1. The Morgan fingerprint density at radius 3 is 2.26 bits per heavy atom. The maximum atomic E-state index is 14.3. The van der Waals surface area contributed by atoms with Gasteiger partial charge in [-0.1, -0.05) is 47.7 Å². The highest BCUT2D eigenvalue weighted by Crippen LogP contribution is 2.38. The Kier molecular flexibility index (Phi) is 11.4. The quantitative estimate of drug-likeness (QED) is 0.151. The van der Waals surface area contributed by atoms with E-state index in [2.05, 4.69) is 45.2 Å². The molecule has 0 bridgehead atoms. The van der Waals surface area contributed by atoms with E-state index in [1.165, 1.54) is 23.0 Å². The van der Waals surface area contributed by atoms with Crippen LogP contribution in [0.15, 0.2) is 76.0 Å². The molecular weight excluding hydrogens is 850 g/mol. The first-order valence-electron chi connectivity index (χ1n) is 14.5. The van der Waals surface area contributed by atoms with Gasteiger partial charge in [0.25, 0.3) is 5.56 Å². The van der Waals surface area contributed by atoms with E-state index in [4.69, 9.17) is 28.7 Å². The van der Waals surface area contributed by atoms with Gasteiger partial charge >= 0.3 is 11.9 Å². The summed E-state index contributed by atoms with van der Waals surface area (Å²) in [4.78, 5) is 45.2. The highest BCUT2D eigenvalue weighted by Gasteiger charge is 2.35. The summed E-state index contributed by atoms with van der Waals surface area (Å²) in [5.41, 5.74) is 2.41. The zero-order chi connectivity index (χ0) is 33.7. The summed E-state index contributed by atoms with van der Waals surface area (Å²) in [6.07, 6.45) is 1.78. The number of methoxy groups -OCH3 is 2. The molecule has 0 spiro atoms. The van der Waals surface area contributed by atoms with Gasteiger partial charge in [0.1, 0.15) is 5.75 Å². The highest BCUT2D eigenvalue weighted by molar-refractivity contribution is 14.1. The number of halogens is 2. The molecule has 244 valence electrons. The Labute approximate surface area is 302 Å². The van der Waals surface area contributed by atoms with Crippen LogP contribution in [0.25, 0.3) is 11.8 Å². The smallest absolute Gasteiger partial charge is 0.344 e. The lowest BCUT2D eigenvalue weighted by molar-refractivity contribution is -0.145. The van der Waals surface area contributed by atoms with Crippen molar-refractivity contribution in [2.45, 2.75) is 19.9 Å². The van der Waals surface area contributed by atoms with Gasteiger partial charge < -0.3 is 23.7 Å². The summed E-state index contributed by atoms with van der Waals surface area (Å²) in [6, 6.07) is 17.5. The van der Waals surface area contributed by atoms with Crippen molar-refractivity contribution in [3.8, 4) is 17.2 Å². The Morgan fingerprint density at radius 2 is 1.62 bits per heavy atom. The normalized spacial score (nSPS) is 14.3. The van der Waals surface area contributed by atoms with Crippen molar-refractivity contribution in [3.63, 3.8) is 0 Å².